The fourth-order valence-corrected chi connectivity index (χ4v) is 5.72. The van der Waals surface area contributed by atoms with Gasteiger partial charge in [-0.3, -0.25) is 4.79 Å². The highest BCUT2D eigenvalue weighted by Crippen LogP contribution is 2.38. The van der Waals surface area contributed by atoms with Gasteiger partial charge in [0, 0.05) is 30.6 Å². The van der Waals surface area contributed by atoms with E-state index in [2.05, 4.69) is 34.0 Å². The number of aromatic nitrogens is 1. The Morgan fingerprint density at radius 1 is 1.00 bits per heavy atom. The van der Waals surface area contributed by atoms with Crippen molar-refractivity contribution in [2.24, 2.45) is 7.05 Å². The molecule has 29 heavy (non-hydrogen) atoms. The van der Waals surface area contributed by atoms with Crippen LogP contribution < -0.4 is 5.32 Å². The number of halogens is 1. The van der Waals surface area contributed by atoms with Gasteiger partial charge in [0.15, 0.2) is 0 Å². The van der Waals surface area contributed by atoms with E-state index < -0.39 is 0 Å². The largest absolute Gasteiger partial charge is 0.349 e. The van der Waals surface area contributed by atoms with Crippen molar-refractivity contribution in [1.29, 1.82) is 0 Å². The molecule has 150 valence electrons. The van der Waals surface area contributed by atoms with Crippen molar-refractivity contribution in [1.82, 2.24) is 14.8 Å². The van der Waals surface area contributed by atoms with Gasteiger partial charge in [0.2, 0.25) is 0 Å². The maximum atomic E-state index is 13.6. The number of carbonyl (C=O) groups is 1. The van der Waals surface area contributed by atoms with E-state index in [-0.39, 0.29) is 11.9 Å². The van der Waals surface area contributed by atoms with Crippen molar-refractivity contribution in [3.05, 3.63) is 59.1 Å². The predicted molar refractivity (Wildman–Crippen MR) is 118 cm³/mol. The number of fused-ring (bicyclic) bond motifs is 3. The van der Waals surface area contributed by atoms with Crippen molar-refractivity contribution < 1.29 is 4.79 Å². The van der Waals surface area contributed by atoms with Crippen LogP contribution in [0.4, 0.5) is 0 Å². The number of para-hydroxylation sites is 1. The maximum Gasteiger partial charge on any atom is 0.254 e. The van der Waals surface area contributed by atoms with E-state index in [0.717, 1.165) is 40.6 Å². The summed E-state index contributed by atoms with van der Waals surface area (Å²) in [6.45, 7) is 0. The quantitative estimate of drug-likeness (QED) is 0.673. The normalized spacial score (nSPS) is 24.2. The fourth-order valence-electron chi connectivity index (χ4n) is 5.42. The Balaban J connectivity index is 1.57. The topological polar surface area (TPSA) is 37.3 Å². The molecule has 2 aliphatic rings. The molecule has 2 saturated heterocycles. The zero-order valence-electron chi connectivity index (χ0n) is 16.9. The van der Waals surface area contributed by atoms with Crippen LogP contribution in [0.15, 0.2) is 48.5 Å². The molecule has 0 spiro atoms. The van der Waals surface area contributed by atoms with E-state index in [1.807, 2.05) is 43.4 Å². The molecule has 3 aromatic rings. The second-order valence-corrected chi connectivity index (χ2v) is 8.88. The third-order valence-electron chi connectivity index (χ3n) is 6.87. The van der Waals surface area contributed by atoms with Crippen LogP contribution >= 0.6 is 11.6 Å². The molecule has 1 N–H and O–H groups in total. The number of nitrogens with one attached hydrogen (secondary N) is 1. The lowest BCUT2D eigenvalue weighted by molar-refractivity contribution is 0.0884. The number of rotatable bonds is 3. The van der Waals surface area contributed by atoms with Crippen LogP contribution in [0.2, 0.25) is 5.02 Å². The summed E-state index contributed by atoms with van der Waals surface area (Å²) in [7, 11) is 4.21. The summed E-state index contributed by atoms with van der Waals surface area (Å²) < 4.78 is 2.06. The van der Waals surface area contributed by atoms with Crippen LogP contribution in [-0.4, -0.2) is 40.5 Å². The Kier molecular flexibility index (Phi) is 4.64. The van der Waals surface area contributed by atoms with Gasteiger partial charge in [0.25, 0.3) is 5.91 Å². The number of amides is 1. The Morgan fingerprint density at radius 2 is 1.69 bits per heavy atom. The third-order valence-corrected chi connectivity index (χ3v) is 7.18. The predicted octanol–water partition coefficient (Wildman–Crippen LogP) is 4.85. The van der Waals surface area contributed by atoms with Gasteiger partial charge in [0.05, 0.1) is 21.8 Å². The van der Waals surface area contributed by atoms with Crippen LogP contribution in [0.5, 0.6) is 0 Å². The lowest BCUT2D eigenvalue weighted by atomic mass is 9.97. The zero-order chi connectivity index (χ0) is 20.1. The van der Waals surface area contributed by atoms with Crippen molar-refractivity contribution in [3.63, 3.8) is 0 Å². The monoisotopic (exact) mass is 407 g/mol. The van der Waals surface area contributed by atoms with Gasteiger partial charge >= 0.3 is 0 Å². The second-order valence-electron chi connectivity index (χ2n) is 8.48. The number of hydrogen-bond donors (Lipinski definition) is 1. The Morgan fingerprint density at radius 3 is 2.38 bits per heavy atom. The number of nitrogens with zero attached hydrogens (tertiary/aromatic N) is 2. The van der Waals surface area contributed by atoms with Crippen molar-refractivity contribution >= 4 is 28.4 Å². The van der Waals surface area contributed by atoms with E-state index >= 15 is 0 Å². The number of benzene rings is 2. The summed E-state index contributed by atoms with van der Waals surface area (Å²) >= 11 is 6.54. The minimum Gasteiger partial charge on any atom is -0.349 e. The van der Waals surface area contributed by atoms with Gasteiger partial charge in [0.1, 0.15) is 0 Å². The molecule has 1 amide bonds. The Hall–Kier alpha value is -2.30. The first-order valence-electron chi connectivity index (χ1n) is 10.4. The first-order valence-corrected chi connectivity index (χ1v) is 10.8. The molecular weight excluding hydrogens is 382 g/mol. The first kappa shape index (κ1) is 18.7. The Labute approximate surface area is 176 Å². The molecule has 2 atom stereocenters. The number of aryl methyl sites for hydroxylation is 1. The van der Waals surface area contributed by atoms with Gasteiger partial charge in [-0.2, -0.15) is 0 Å². The summed E-state index contributed by atoms with van der Waals surface area (Å²) in [6.07, 6.45) is 4.55. The summed E-state index contributed by atoms with van der Waals surface area (Å²) in [4.78, 5) is 16.1. The zero-order valence-corrected chi connectivity index (χ0v) is 17.6. The molecule has 0 radical (unpaired) electrons. The van der Waals surface area contributed by atoms with Crippen LogP contribution in [0.25, 0.3) is 22.2 Å². The molecule has 5 rings (SSSR count). The molecular formula is C24H26ClN3O. The second kappa shape index (κ2) is 7.19. The highest BCUT2D eigenvalue weighted by Gasteiger charge is 2.39. The minimum absolute atomic E-state index is 0.00525. The standard InChI is InChI=1S/C24H26ClN3O/c1-27-17-11-12-18(27)14-16(13-17)26-24(29)21-19-9-6-10-20(25)23(19)28(2)22(21)15-7-4-3-5-8-15/h3-10,16-18H,11-14H2,1-2H3,(H,26,29). The molecule has 2 aliphatic heterocycles. The van der Waals surface area contributed by atoms with E-state index in [1.54, 1.807) is 0 Å². The average Bonchev–Trinajstić information content (AvgIpc) is 3.11. The number of carbonyl (C=O) groups excluding carboxylic acids is 1. The molecule has 2 aromatic carbocycles. The van der Waals surface area contributed by atoms with Gasteiger partial charge in [-0.15, -0.1) is 0 Å². The third kappa shape index (κ3) is 3.06. The molecule has 0 saturated carbocycles. The molecule has 2 bridgehead atoms. The van der Waals surface area contributed by atoms with Crippen LogP contribution in [0.1, 0.15) is 36.0 Å². The summed E-state index contributed by atoms with van der Waals surface area (Å²) in [5.41, 5.74) is 3.57. The highest BCUT2D eigenvalue weighted by molar-refractivity contribution is 6.36. The lowest BCUT2D eigenvalue weighted by Gasteiger charge is -2.36. The molecule has 5 heteroatoms. The van der Waals surface area contributed by atoms with E-state index in [9.17, 15) is 4.79 Å². The number of piperidine rings is 1. The average molecular weight is 408 g/mol. The van der Waals surface area contributed by atoms with E-state index in [1.165, 1.54) is 12.8 Å². The molecule has 4 nitrogen and oxygen atoms in total. The fraction of sp³-hybridized carbons (Fsp3) is 0.375. The van der Waals surface area contributed by atoms with Crippen LogP contribution in [0, 0.1) is 0 Å². The van der Waals surface area contributed by atoms with Gasteiger partial charge in [-0.25, -0.2) is 0 Å². The molecule has 3 heterocycles. The number of hydrogen-bond acceptors (Lipinski definition) is 2. The van der Waals surface area contributed by atoms with Crippen molar-refractivity contribution in [3.8, 4) is 11.3 Å². The molecule has 2 unspecified atom stereocenters. The smallest absolute Gasteiger partial charge is 0.254 e. The van der Waals surface area contributed by atoms with Gasteiger partial charge < -0.3 is 14.8 Å². The van der Waals surface area contributed by atoms with Crippen molar-refractivity contribution in [2.45, 2.75) is 43.8 Å². The molecule has 1 aromatic heterocycles. The minimum atomic E-state index is 0.00525. The highest BCUT2D eigenvalue weighted by atomic mass is 35.5. The van der Waals surface area contributed by atoms with Crippen molar-refractivity contribution in [2.75, 3.05) is 7.05 Å². The maximum absolute atomic E-state index is 13.6. The molecule has 2 fully saturated rings. The van der Waals surface area contributed by atoms with Gasteiger partial charge in [-0.05, 0) is 44.4 Å². The summed E-state index contributed by atoms with van der Waals surface area (Å²) in [5.74, 6) is 0.00525. The molecule has 0 aliphatic carbocycles. The Bertz CT molecular complexity index is 1060. The van der Waals surface area contributed by atoms with Crippen LogP contribution in [-0.2, 0) is 7.05 Å². The summed E-state index contributed by atoms with van der Waals surface area (Å²) in [6, 6.07) is 17.3. The SMILES string of the molecule is CN1C2CCC1CC(NC(=O)c1c(-c3ccccc3)n(C)c3c(Cl)cccc13)C2. The van der Waals surface area contributed by atoms with Crippen LogP contribution in [0.3, 0.4) is 0 Å². The summed E-state index contributed by atoms with van der Waals surface area (Å²) in [5, 5.41) is 4.94. The first-order chi connectivity index (χ1) is 14.0. The van der Waals surface area contributed by atoms with E-state index in [0.29, 0.717) is 17.1 Å². The lowest BCUT2D eigenvalue weighted by Crippen LogP contribution is -2.48. The van der Waals surface area contributed by atoms with E-state index in [4.69, 9.17) is 11.6 Å². The van der Waals surface area contributed by atoms with Gasteiger partial charge in [-0.1, -0.05) is 54.1 Å².